The second kappa shape index (κ2) is 9.02. The predicted octanol–water partition coefficient (Wildman–Crippen LogP) is 2.27. The molecule has 1 saturated heterocycles. The number of esters is 1. The minimum atomic E-state index is -4.55. The van der Waals surface area contributed by atoms with E-state index in [1.54, 1.807) is 6.92 Å². The first-order valence-corrected chi connectivity index (χ1v) is 10.9. The minimum Gasteiger partial charge on any atom is -0.466 e. The lowest BCUT2D eigenvalue weighted by Gasteiger charge is -2.32. The molecule has 2 rings (SSSR count). The standard InChI is InChI=1S/C18H23F3N2O5S/c1-3-28-17(25)13-8-10-22(11-9-13)16(24)12-23(29(2,26)27)15-6-4-14(5-7-15)18(19,20)21/h4-7,13H,3,8-12H2,1-2H3. The van der Waals surface area contributed by atoms with Crippen LogP contribution in [-0.4, -0.2) is 57.7 Å². The van der Waals surface area contributed by atoms with Crippen LogP contribution in [0.1, 0.15) is 25.3 Å². The summed E-state index contributed by atoms with van der Waals surface area (Å²) in [6, 6.07) is 3.57. The molecule has 0 saturated carbocycles. The number of carbonyl (C=O) groups is 2. The first-order chi connectivity index (χ1) is 13.4. The zero-order valence-corrected chi connectivity index (χ0v) is 16.9. The van der Waals surface area contributed by atoms with Gasteiger partial charge < -0.3 is 9.64 Å². The molecule has 0 aliphatic carbocycles. The van der Waals surface area contributed by atoms with Gasteiger partial charge in [0.2, 0.25) is 15.9 Å². The molecule has 1 aliphatic heterocycles. The van der Waals surface area contributed by atoms with Crippen LogP contribution in [-0.2, 0) is 30.5 Å². The lowest BCUT2D eigenvalue weighted by molar-refractivity contribution is -0.151. The summed E-state index contributed by atoms with van der Waals surface area (Å²) in [6.07, 6.45) is -2.86. The molecule has 29 heavy (non-hydrogen) atoms. The lowest BCUT2D eigenvalue weighted by Crippen LogP contribution is -2.46. The molecule has 1 heterocycles. The fourth-order valence-electron chi connectivity index (χ4n) is 3.06. The topological polar surface area (TPSA) is 84.0 Å². The highest BCUT2D eigenvalue weighted by Crippen LogP contribution is 2.31. The van der Waals surface area contributed by atoms with Crippen molar-refractivity contribution in [2.24, 2.45) is 5.92 Å². The van der Waals surface area contributed by atoms with Gasteiger partial charge >= 0.3 is 12.1 Å². The summed E-state index contributed by atoms with van der Waals surface area (Å²) in [7, 11) is -3.90. The van der Waals surface area contributed by atoms with E-state index in [9.17, 15) is 31.2 Å². The Balaban J connectivity index is 2.08. The van der Waals surface area contributed by atoms with Crippen LogP contribution < -0.4 is 4.31 Å². The Kier molecular flexibility index (Phi) is 7.15. The Hall–Kier alpha value is -2.30. The summed E-state index contributed by atoms with van der Waals surface area (Å²) < 4.78 is 68.1. The third-order valence-corrected chi connectivity index (χ3v) is 5.77. The molecule has 0 N–H and O–H groups in total. The Bertz CT molecular complexity index is 832. The number of carbonyl (C=O) groups excluding carboxylic acids is 2. The SMILES string of the molecule is CCOC(=O)C1CCN(C(=O)CN(c2ccc(C(F)(F)F)cc2)S(C)(=O)=O)CC1. The van der Waals surface area contributed by atoms with Gasteiger partial charge in [-0.3, -0.25) is 13.9 Å². The predicted molar refractivity (Wildman–Crippen MR) is 99.6 cm³/mol. The van der Waals surface area contributed by atoms with Crippen LogP contribution in [0.5, 0.6) is 0 Å². The summed E-state index contributed by atoms with van der Waals surface area (Å²) in [5, 5.41) is 0. The van der Waals surface area contributed by atoms with Crippen LogP contribution >= 0.6 is 0 Å². The molecule has 162 valence electrons. The first kappa shape index (κ1) is 23.0. The summed E-state index contributed by atoms with van der Waals surface area (Å²) in [6.45, 7) is 1.99. The molecule has 0 aromatic heterocycles. The van der Waals surface area contributed by atoms with Gasteiger partial charge in [0, 0.05) is 13.1 Å². The molecule has 0 unspecified atom stereocenters. The quantitative estimate of drug-likeness (QED) is 0.639. The van der Waals surface area contributed by atoms with Crippen molar-refractivity contribution in [3.8, 4) is 0 Å². The number of hydrogen-bond donors (Lipinski definition) is 0. The van der Waals surface area contributed by atoms with Crippen LogP contribution in [0.25, 0.3) is 0 Å². The highest BCUT2D eigenvalue weighted by atomic mass is 32.2. The molecule has 1 amide bonds. The number of amides is 1. The number of rotatable bonds is 6. The summed E-state index contributed by atoms with van der Waals surface area (Å²) in [5.41, 5.74) is -0.947. The second-order valence-corrected chi connectivity index (χ2v) is 8.63. The number of nitrogens with zero attached hydrogens (tertiary/aromatic N) is 2. The van der Waals surface area contributed by atoms with Gasteiger partial charge in [-0.25, -0.2) is 8.42 Å². The van der Waals surface area contributed by atoms with E-state index in [2.05, 4.69) is 0 Å². The molecule has 1 aromatic rings. The second-order valence-electron chi connectivity index (χ2n) is 6.72. The number of halogens is 3. The van der Waals surface area contributed by atoms with E-state index in [-0.39, 0.29) is 37.3 Å². The highest BCUT2D eigenvalue weighted by Gasteiger charge is 2.32. The third-order valence-electron chi connectivity index (χ3n) is 4.63. The van der Waals surface area contributed by atoms with Crippen molar-refractivity contribution in [2.75, 3.05) is 36.8 Å². The average Bonchev–Trinajstić information content (AvgIpc) is 2.64. The van der Waals surface area contributed by atoms with E-state index in [0.717, 1.165) is 34.8 Å². The van der Waals surface area contributed by atoms with Gasteiger partial charge in [-0.2, -0.15) is 13.2 Å². The number of piperidine rings is 1. The van der Waals surface area contributed by atoms with E-state index < -0.39 is 34.2 Å². The molecule has 0 bridgehead atoms. The molecule has 7 nitrogen and oxygen atoms in total. The normalized spacial score (nSPS) is 15.8. The van der Waals surface area contributed by atoms with E-state index in [4.69, 9.17) is 4.74 Å². The van der Waals surface area contributed by atoms with Gasteiger partial charge in [-0.05, 0) is 44.0 Å². The average molecular weight is 436 g/mol. The third kappa shape index (κ3) is 6.09. The molecular weight excluding hydrogens is 413 g/mol. The number of alkyl halides is 3. The maximum atomic E-state index is 12.7. The fourth-order valence-corrected chi connectivity index (χ4v) is 3.91. The van der Waals surface area contributed by atoms with Crippen molar-refractivity contribution in [1.82, 2.24) is 4.90 Å². The largest absolute Gasteiger partial charge is 0.466 e. The Labute approximate surface area is 167 Å². The van der Waals surface area contributed by atoms with Crippen molar-refractivity contribution in [3.05, 3.63) is 29.8 Å². The maximum absolute atomic E-state index is 12.7. The van der Waals surface area contributed by atoms with E-state index in [1.807, 2.05) is 0 Å². The minimum absolute atomic E-state index is 0.0322. The molecule has 11 heteroatoms. The van der Waals surface area contributed by atoms with Crippen molar-refractivity contribution in [2.45, 2.75) is 25.9 Å². The first-order valence-electron chi connectivity index (χ1n) is 9.03. The van der Waals surface area contributed by atoms with Crippen molar-refractivity contribution in [3.63, 3.8) is 0 Å². The smallest absolute Gasteiger partial charge is 0.416 e. The molecule has 0 spiro atoms. The van der Waals surface area contributed by atoms with Crippen LogP contribution in [0, 0.1) is 5.92 Å². The molecule has 0 atom stereocenters. The lowest BCUT2D eigenvalue weighted by atomic mass is 9.97. The molecule has 1 aliphatic rings. The number of hydrogen-bond acceptors (Lipinski definition) is 5. The van der Waals surface area contributed by atoms with Crippen LogP contribution in [0.15, 0.2) is 24.3 Å². The summed E-state index contributed by atoms with van der Waals surface area (Å²) in [4.78, 5) is 25.8. The number of sulfonamides is 1. The number of anilines is 1. The van der Waals surface area contributed by atoms with Gasteiger partial charge in [0.1, 0.15) is 6.54 Å². The monoisotopic (exact) mass is 436 g/mol. The van der Waals surface area contributed by atoms with E-state index in [1.165, 1.54) is 4.90 Å². The van der Waals surface area contributed by atoms with Crippen molar-refractivity contribution in [1.29, 1.82) is 0 Å². The summed E-state index contributed by atoms with van der Waals surface area (Å²) in [5.74, 6) is -1.11. The highest BCUT2D eigenvalue weighted by molar-refractivity contribution is 7.92. The number of benzene rings is 1. The maximum Gasteiger partial charge on any atom is 0.416 e. The molecule has 0 radical (unpaired) electrons. The zero-order valence-electron chi connectivity index (χ0n) is 16.1. The molecule has 1 fully saturated rings. The Morgan fingerprint density at radius 1 is 1.17 bits per heavy atom. The van der Waals surface area contributed by atoms with Crippen LogP contribution in [0.4, 0.5) is 18.9 Å². The van der Waals surface area contributed by atoms with Gasteiger partial charge in [0.25, 0.3) is 0 Å². The van der Waals surface area contributed by atoms with Gasteiger partial charge in [0.05, 0.1) is 30.0 Å². The van der Waals surface area contributed by atoms with Gasteiger partial charge in [-0.15, -0.1) is 0 Å². The van der Waals surface area contributed by atoms with Gasteiger partial charge in [0.15, 0.2) is 0 Å². The number of ether oxygens (including phenoxy) is 1. The van der Waals surface area contributed by atoms with Crippen LogP contribution in [0.2, 0.25) is 0 Å². The molecule has 1 aromatic carbocycles. The number of likely N-dealkylation sites (tertiary alicyclic amines) is 1. The van der Waals surface area contributed by atoms with E-state index in [0.29, 0.717) is 12.8 Å². The molecular formula is C18H23F3N2O5S. The van der Waals surface area contributed by atoms with Crippen LogP contribution in [0.3, 0.4) is 0 Å². The van der Waals surface area contributed by atoms with E-state index >= 15 is 0 Å². The van der Waals surface area contributed by atoms with Crippen molar-refractivity contribution >= 4 is 27.6 Å². The fraction of sp³-hybridized carbons (Fsp3) is 0.556. The Morgan fingerprint density at radius 2 is 1.72 bits per heavy atom. The Morgan fingerprint density at radius 3 is 2.17 bits per heavy atom. The summed E-state index contributed by atoms with van der Waals surface area (Å²) >= 11 is 0. The zero-order chi connectivity index (χ0) is 21.8. The van der Waals surface area contributed by atoms with Gasteiger partial charge in [-0.1, -0.05) is 0 Å². The van der Waals surface area contributed by atoms with Crippen molar-refractivity contribution < 1.29 is 35.9 Å².